The summed E-state index contributed by atoms with van der Waals surface area (Å²) < 4.78 is 0. The quantitative estimate of drug-likeness (QED) is 0.141. The number of rotatable bonds is 8. The normalized spacial score (nSPS) is 14.2. The number of hydrogen-bond donors (Lipinski definition) is 0. The Bertz CT molecular complexity index is 3060. The van der Waals surface area contributed by atoms with Crippen molar-refractivity contribution < 1.29 is 0 Å². The molecule has 2 nitrogen and oxygen atoms in total. The van der Waals surface area contributed by atoms with E-state index in [2.05, 4.69) is 247 Å². The molecule has 0 aliphatic heterocycles. The molecule has 64 heavy (non-hydrogen) atoms. The molecule has 0 saturated carbocycles. The van der Waals surface area contributed by atoms with Crippen molar-refractivity contribution in [2.75, 3.05) is 9.80 Å². The van der Waals surface area contributed by atoms with E-state index in [1.165, 1.54) is 88.6 Å². The molecule has 9 aromatic rings. The summed E-state index contributed by atoms with van der Waals surface area (Å²) in [5.74, 6) is 0.588. The lowest BCUT2D eigenvalue weighted by Gasteiger charge is -2.30. The SMILES string of the molecule is CC(C)c1c2ccc(N(c3ccccc3)c3ccc4c(c3)C(C)(C)c3ccccc3-4)cc2c(C(C)C)c2ccc(N(c3ccccc3)c3ccc4c(c3)C(C)(C)c3ccccc3-4)cc12. The van der Waals surface area contributed by atoms with E-state index in [0.29, 0.717) is 11.8 Å². The Kier molecular flexibility index (Phi) is 9.26. The molecule has 0 N–H and O–H groups in total. The highest BCUT2D eigenvalue weighted by atomic mass is 15.1. The first-order valence-electron chi connectivity index (χ1n) is 23.2. The Morgan fingerprint density at radius 1 is 0.297 bits per heavy atom. The third-order valence-electron chi connectivity index (χ3n) is 14.5. The van der Waals surface area contributed by atoms with E-state index in [-0.39, 0.29) is 10.8 Å². The second-order valence-corrected chi connectivity index (χ2v) is 19.7. The summed E-state index contributed by atoms with van der Waals surface area (Å²) in [6.45, 7) is 18.9. The van der Waals surface area contributed by atoms with Gasteiger partial charge in [-0.25, -0.2) is 0 Å². The molecule has 2 heteroatoms. The number of hydrogen-bond acceptors (Lipinski definition) is 2. The molecule has 11 rings (SSSR count). The highest BCUT2D eigenvalue weighted by Gasteiger charge is 2.37. The predicted octanol–water partition coefficient (Wildman–Crippen LogP) is 17.8. The molecule has 0 saturated heterocycles. The molecule has 0 fully saturated rings. The zero-order valence-corrected chi connectivity index (χ0v) is 38.4. The number of anilines is 6. The summed E-state index contributed by atoms with van der Waals surface area (Å²) in [4.78, 5) is 4.92. The van der Waals surface area contributed by atoms with Crippen molar-refractivity contribution in [3.05, 3.63) is 215 Å². The van der Waals surface area contributed by atoms with Crippen LogP contribution in [0.4, 0.5) is 34.1 Å². The van der Waals surface area contributed by atoms with Gasteiger partial charge in [-0.15, -0.1) is 0 Å². The second-order valence-electron chi connectivity index (χ2n) is 19.7. The highest BCUT2D eigenvalue weighted by Crippen LogP contribution is 2.53. The number of fused-ring (bicyclic) bond motifs is 8. The molecule has 0 unspecified atom stereocenters. The molecule has 0 bridgehead atoms. The maximum atomic E-state index is 2.48. The van der Waals surface area contributed by atoms with Crippen LogP contribution in [0.15, 0.2) is 182 Å². The van der Waals surface area contributed by atoms with E-state index in [9.17, 15) is 0 Å². The van der Waals surface area contributed by atoms with Crippen molar-refractivity contribution in [2.45, 2.75) is 78.1 Å². The van der Waals surface area contributed by atoms with Crippen LogP contribution in [0.2, 0.25) is 0 Å². The van der Waals surface area contributed by atoms with Crippen molar-refractivity contribution in [3.63, 3.8) is 0 Å². The number of nitrogens with zero attached hydrogens (tertiary/aromatic N) is 2. The Morgan fingerprint density at radius 2 is 0.625 bits per heavy atom. The molecule has 0 atom stereocenters. The van der Waals surface area contributed by atoms with Gasteiger partial charge in [-0.3, -0.25) is 0 Å². The highest BCUT2D eigenvalue weighted by molar-refractivity contribution is 6.09. The van der Waals surface area contributed by atoms with Crippen LogP contribution in [0.1, 0.15) is 101 Å². The minimum atomic E-state index is -0.0957. The van der Waals surface area contributed by atoms with Crippen LogP contribution in [-0.4, -0.2) is 0 Å². The van der Waals surface area contributed by atoms with E-state index >= 15 is 0 Å². The molecule has 2 aliphatic carbocycles. The monoisotopic (exact) mass is 828 g/mol. The van der Waals surface area contributed by atoms with Gasteiger partial charge in [-0.05, 0) is 162 Å². The van der Waals surface area contributed by atoms with Gasteiger partial charge in [0.05, 0.1) is 0 Å². The molecular weight excluding hydrogens is 773 g/mol. The number of para-hydroxylation sites is 2. The molecule has 0 heterocycles. The van der Waals surface area contributed by atoms with Crippen LogP contribution >= 0.6 is 0 Å². The summed E-state index contributed by atoms with van der Waals surface area (Å²) in [7, 11) is 0. The van der Waals surface area contributed by atoms with Crippen molar-refractivity contribution in [1.29, 1.82) is 0 Å². The largest absolute Gasteiger partial charge is 0.310 e. The minimum absolute atomic E-state index is 0.0957. The topological polar surface area (TPSA) is 6.48 Å². The first-order chi connectivity index (χ1) is 30.9. The van der Waals surface area contributed by atoms with E-state index in [1.807, 2.05) is 0 Å². The van der Waals surface area contributed by atoms with Gasteiger partial charge in [0.2, 0.25) is 0 Å². The van der Waals surface area contributed by atoms with Crippen LogP contribution in [0.3, 0.4) is 0 Å². The molecule has 9 aromatic carbocycles. The predicted molar refractivity (Wildman–Crippen MR) is 274 cm³/mol. The van der Waals surface area contributed by atoms with Gasteiger partial charge < -0.3 is 9.80 Å². The van der Waals surface area contributed by atoms with Crippen LogP contribution in [0.25, 0.3) is 43.8 Å². The third-order valence-corrected chi connectivity index (χ3v) is 14.5. The average molecular weight is 829 g/mol. The summed E-state index contributed by atoms with van der Waals surface area (Å²) in [5, 5.41) is 5.31. The third kappa shape index (κ3) is 6.06. The van der Waals surface area contributed by atoms with E-state index in [1.54, 1.807) is 0 Å². The van der Waals surface area contributed by atoms with Gasteiger partial charge in [-0.2, -0.15) is 0 Å². The minimum Gasteiger partial charge on any atom is -0.310 e. The Morgan fingerprint density at radius 3 is 1.02 bits per heavy atom. The fraction of sp³-hybridized carbons (Fsp3) is 0.194. The average Bonchev–Trinajstić information content (AvgIpc) is 3.67. The standard InChI is InChI=1S/C62H56N2/c1-39(2)59-51-33-29-44(64(42-21-13-10-14-22-42)46-28-32-50-48-24-16-18-26-56(48)62(7,8)58(50)38-46)36-54(51)60(40(3)4)52-34-30-43(35-53(52)59)63(41-19-11-9-12-20-41)45-27-31-49-47-23-15-17-25-55(47)61(5,6)57(49)37-45/h9-40H,1-8H3. The number of benzene rings is 9. The van der Waals surface area contributed by atoms with Crippen molar-refractivity contribution in [1.82, 2.24) is 0 Å². The van der Waals surface area contributed by atoms with Crippen molar-refractivity contribution in [2.24, 2.45) is 0 Å². The van der Waals surface area contributed by atoms with Gasteiger partial charge in [0.25, 0.3) is 0 Å². The van der Waals surface area contributed by atoms with Crippen molar-refractivity contribution >= 4 is 55.7 Å². The van der Waals surface area contributed by atoms with Crippen molar-refractivity contribution in [3.8, 4) is 22.3 Å². The van der Waals surface area contributed by atoms with Crippen LogP contribution < -0.4 is 9.80 Å². The maximum absolute atomic E-state index is 2.48. The second kappa shape index (κ2) is 14.8. The maximum Gasteiger partial charge on any atom is 0.0468 e. The van der Waals surface area contributed by atoms with E-state index < -0.39 is 0 Å². The Balaban J connectivity index is 1.09. The van der Waals surface area contributed by atoms with Crippen LogP contribution in [0, 0.1) is 0 Å². The smallest absolute Gasteiger partial charge is 0.0468 e. The van der Waals surface area contributed by atoms with Gasteiger partial charge in [0, 0.05) is 45.0 Å². The summed E-state index contributed by atoms with van der Waals surface area (Å²) >= 11 is 0. The summed E-state index contributed by atoms with van der Waals surface area (Å²) in [6, 6.07) is 68.3. The molecule has 2 aliphatic rings. The molecule has 0 radical (unpaired) electrons. The first-order valence-corrected chi connectivity index (χ1v) is 23.2. The zero-order chi connectivity index (χ0) is 44.1. The lowest BCUT2D eigenvalue weighted by molar-refractivity contribution is 0.660. The lowest BCUT2D eigenvalue weighted by atomic mass is 9.82. The Labute approximate surface area is 379 Å². The lowest BCUT2D eigenvalue weighted by Crippen LogP contribution is -2.16. The van der Waals surface area contributed by atoms with E-state index in [4.69, 9.17) is 0 Å². The van der Waals surface area contributed by atoms with Gasteiger partial charge >= 0.3 is 0 Å². The fourth-order valence-electron chi connectivity index (χ4n) is 11.5. The first kappa shape index (κ1) is 39.9. The summed E-state index contributed by atoms with van der Waals surface area (Å²) in [6.07, 6.45) is 0. The molecule has 0 aromatic heterocycles. The zero-order valence-electron chi connectivity index (χ0n) is 38.4. The van der Waals surface area contributed by atoms with Gasteiger partial charge in [0.15, 0.2) is 0 Å². The molecule has 314 valence electrons. The molecule has 0 amide bonds. The fourth-order valence-corrected chi connectivity index (χ4v) is 11.5. The Hall–Kier alpha value is -6.90. The van der Waals surface area contributed by atoms with Gasteiger partial charge in [0.1, 0.15) is 0 Å². The van der Waals surface area contributed by atoms with E-state index in [0.717, 1.165) is 22.7 Å². The summed E-state index contributed by atoms with van der Waals surface area (Å²) in [5.41, 5.74) is 20.5. The molecular formula is C62H56N2. The van der Waals surface area contributed by atoms with Crippen LogP contribution in [0.5, 0.6) is 0 Å². The van der Waals surface area contributed by atoms with Crippen LogP contribution in [-0.2, 0) is 10.8 Å². The molecule has 0 spiro atoms. The van der Waals surface area contributed by atoms with Gasteiger partial charge in [-0.1, -0.05) is 165 Å².